The molecule has 2 nitrogen and oxygen atoms in total. The van der Waals surface area contributed by atoms with Crippen molar-refractivity contribution in [1.29, 1.82) is 0 Å². The van der Waals surface area contributed by atoms with Gasteiger partial charge in [-0.25, -0.2) is 0 Å². The van der Waals surface area contributed by atoms with E-state index in [9.17, 15) is 0 Å². The van der Waals surface area contributed by atoms with Crippen molar-refractivity contribution in [2.75, 3.05) is 19.7 Å². The standard InChI is InChI=1S/C10H19NO/c1-2-8-6-11-4-3-9(8)5-10(11)7-12/h8-10,12H,2-7H2,1H3. The number of fused-ring (bicyclic) bond motifs is 3. The summed E-state index contributed by atoms with van der Waals surface area (Å²) in [6.45, 7) is 5.13. The normalized spacial score (nSPS) is 46.5. The highest BCUT2D eigenvalue weighted by Crippen LogP contribution is 2.37. The summed E-state index contributed by atoms with van der Waals surface area (Å²) in [4.78, 5) is 2.48. The van der Waals surface area contributed by atoms with Gasteiger partial charge in [0, 0.05) is 12.6 Å². The molecule has 70 valence electrons. The molecule has 12 heavy (non-hydrogen) atoms. The maximum absolute atomic E-state index is 9.13. The summed E-state index contributed by atoms with van der Waals surface area (Å²) in [6, 6.07) is 0.492. The molecule has 0 aromatic rings. The van der Waals surface area contributed by atoms with Crippen molar-refractivity contribution in [2.24, 2.45) is 11.8 Å². The van der Waals surface area contributed by atoms with Crippen LogP contribution in [0.1, 0.15) is 26.2 Å². The highest BCUT2D eigenvalue weighted by Gasteiger charge is 2.38. The van der Waals surface area contributed by atoms with E-state index in [1.165, 1.54) is 32.4 Å². The zero-order valence-corrected chi connectivity index (χ0v) is 7.87. The molecule has 0 aromatic heterocycles. The fraction of sp³-hybridized carbons (Fsp3) is 1.00. The van der Waals surface area contributed by atoms with Crippen LogP contribution in [0, 0.1) is 11.8 Å². The van der Waals surface area contributed by atoms with Crippen molar-refractivity contribution in [1.82, 2.24) is 4.90 Å². The molecule has 0 spiro atoms. The van der Waals surface area contributed by atoms with Crippen molar-refractivity contribution < 1.29 is 5.11 Å². The van der Waals surface area contributed by atoms with Crippen LogP contribution in [0.2, 0.25) is 0 Å². The predicted molar refractivity (Wildman–Crippen MR) is 49.0 cm³/mol. The van der Waals surface area contributed by atoms with Crippen LogP contribution in [-0.2, 0) is 0 Å². The minimum atomic E-state index is 0.368. The third kappa shape index (κ3) is 1.27. The molecule has 0 amide bonds. The summed E-state index contributed by atoms with van der Waals surface area (Å²) in [6.07, 6.45) is 3.93. The highest BCUT2D eigenvalue weighted by atomic mass is 16.3. The van der Waals surface area contributed by atoms with Crippen LogP contribution in [0.15, 0.2) is 0 Å². The summed E-state index contributed by atoms with van der Waals surface area (Å²) >= 11 is 0. The molecular weight excluding hydrogens is 150 g/mol. The minimum Gasteiger partial charge on any atom is -0.395 e. The molecule has 4 unspecified atom stereocenters. The van der Waals surface area contributed by atoms with E-state index < -0.39 is 0 Å². The first-order valence-electron chi connectivity index (χ1n) is 5.20. The molecule has 3 heterocycles. The van der Waals surface area contributed by atoms with Gasteiger partial charge in [0.05, 0.1) is 6.61 Å². The molecule has 0 aromatic carbocycles. The summed E-state index contributed by atoms with van der Waals surface area (Å²) in [5.74, 6) is 1.83. The Kier molecular flexibility index (Phi) is 2.37. The monoisotopic (exact) mass is 169 g/mol. The molecule has 3 fully saturated rings. The molecule has 4 atom stereocenters. The molecule has 1 N–H and O–H groups in total. The fourth-order valence-electron chi connectivity index (χ4n) is 2.90. The lowest BCUT2D eigenvalue weighted by Crippen LogP contribution is -2.54. The Hall–Kier alpha value is -0.0800. The Labute approximate surface area is 74.6 Å². The van der Waals surface area contributed by atoms with E-state index in [0.717, 1.165) is 11.8 Å². The van der Waals surface area contributed by atoms with Gasteiger partial charge in [-0.15, -0.1) is 0 Å². The van der Waals surface area contributed by atoms with E-state index in [1.54, 1.807) is 0 Å². The minimum absolute atomic E-state index is 0.368. The molecule has 3 aliphatic rings. The van der Waals surface area contributed by atoms with Crippen LogP contribution >= 0.6 is 0 Å². The van der Waals surface area contributed by atoms with Crippen molar-refractivity contribution >= 4 is 0 Å². The number of piperidine rings is 3. The second kappa shape index (κ2) is 3.35. The highest BCUT2D eigenvalue weighted by molar-refractivity contribution is 4.91. The molecule has 0 radical (unpaired) electrons. The number of hydrogen-bond donors (Lipinski definition) is 1. The van der Waals surface area contributed by atoms with E-state index in [1.807, 2.05) is 0 Å². The van der Waals surface area contributed by atoms with Gasteiger partial charge in [0.1, 0.15) is 0 Å². The van der Waals surface area contributed by atoms with Gasteiger partial charge >= 0.3 is 0 Å². The Morgan fingerprint density at radius 2 is 2.33 bits per heavy atom. The zero-order valence-electron chi connectivity index (χ0n) is 7.87. The average Bonchev–Trinajstić information content (AvgIpc) is 2.18. The third-order valence-corrected chi connectivity index (χ3v) is 3.75. The second-order valence-corrected chi connectivity index (χ2v) is 4.28. The summed E-state index contributed by atoms with van der Waals surface area (Å²) in [5.41, 5.74) is 0. The lowest BCUT2D eigenvalue weighted by Gasteiger charge is -2.49. The van der Waals surface area contributed by atoms with Gasteiger partial charge in [-0.05, 0) is 31.2 Å². The number of rotatable bonds is 2. The summed E-state index contributed by atoms with van der Waals surface area (Å²) in [7, 11) is 0. The van der Waals surface area contributed by atoms with Crippen molar-refractivity contribution in [3.63, 3.8) is 0 Å². The van der Waals surface area contributed by atoms with Gasteiger partial charge < -0.3 is 5.11 Å². The first kappa shape index (κ1) is 8.52. The number of aliphatic hydroxyl groups is 1. The summed E-state index contributed by atoms with van der Waals surface area (Å²) < 4.78 is 0. The third-order valence-electron chi connectivity index (χ3n) is 3.75. The van der Waals surface area contributed by atoms with Crippen LogP contribution in [0.3, 0.4) is 0 Å². The second-order valence-electron chi connectivity index (χ2n) is 4.28. The topological polar surface area (TPSA) is 23.5 Å². The van der Waals surface area contributed by atoms with Gasteiger partial charge in [-0.3, -0.25) is 4.90 Å². The van der Waals surface area contributed by atoms with E-state index in [4.69, 9.17) is 5.11 Å². The Bertz CT molecular complexity index is 142. The van der Waals surface area contributed by atoms with Crippen molar-refractivity contribution in [2.45, 2.75) is 32.2 Å². The predicted octanol–water partition coefficient (Wildman–Crippen LogP) is 1.10. The van der Waals surface area contributed by atoms with Crippen molar-refractivity contribution in [3.8, 4) is 0 Å². The lowest BCUT2D eigenvalue weighted by atomic mass is 9.75. The zero-order chi connectivity index (χ0) is 8.55. The quantitative estimate of drug-likeness (QED) is 0.669. The summed E-state index contributed by atoms with van der Waals surface area (Å²) in [5, 5.41) is 9.13. The Morgan fingerprint density at radius 1 is 1.50 bits per heavy atom. The van der Waals surface area contributed by atoms with Gasteiger partial charge in [0.15, 0.2) is 0 Å². The van der Waals surface area contributed by atoms with Gasteiger partial charge in [-0.2, -0.15) is 0 Å². The lowest BCUT2D eigenvalue weighted by molar-refractivity contribution is -0.0220. The van der Waals surface area contributed by atoms with Crippen LogP contribution in [0.25, 0.3) is 0 Å². The maximum atomic E-state index is 9.13. The van der Waals surface area contributed by atoms with Crippen LogP contribution in [0.4, 0.5) is 0 Å². The van der Waals surface area contributed by atoms with E-state index in [0.29, 0.717) is 12.6 Å². The molecule has 3 saturated heterocycles. The largest absolute Gasteiger partial charge is 0.395 e. The smallest absolute Gasteiger partial charge is 0.0586 e. The Morgan fingerprint density at radius 3 is 2.83 bits per heavy atom. The van der Waals surface area contributed by atoms with Crippen LogP contribution in [0.5, 0.6) is 0 Å². The fourth-order valence-corrected chi connectivity index (χ4v) is 2.90. The Balaban J connectivity index is 2.01. The first-order chi connectivity index (χ1) is 5.85. The number of aliphatic hydroxyl groups excluding tert-OH is 1. The molecule has 0 saturated carbocycles. The molecule has 2 bridgehead atoms. The molecule has 2 heteroatoms. The molecule has 3 aliphatic heterocycles. The van der Waals surface area contributed by atoms with E-state index in [-0.39, 0.29) is 0 Å². The molecular formula is C10H19NO. The van der Waals surface area contributed by atoms with E-state index >= 15 is 0 Å². The van der Waals surface area contributed by atoms with Crippen molar-refractivity contribution in [3.05, 3.63) is 0 Å². The van der Waals surface area contributed by atoms with Crippen LogP contribution < -0.4 is 0 Å². The van der Waals surface area contributed by atoms with Gasteiger partial charge in [-0.1, -0.05) is 13.3 Å². The number of hydrogen-bond acceptors (Lipinski definition) is 2. The van der Waals surface area contributed by atoms with E-state index in [2.05, 4.69) is 11.8 Å². The van der Waals surface area contributed by atoms with Gasteiger partial charge in [0.2, 0.25) is 0 Å². The molecule has 0 aliphatic carbocycles. The van der Waals surface area contributed by atoms with Gasteiger partial charge in [0.25, 0.3) is 0 Å². The SMILES string of the molecule is CCC1CN2CCC1CC2CO. The average molecular weight is 169 g/mol. The maximum Gasteiger partial charge on any atom is 0.0586 e. The first-order valence-corrected chi connectivity index (χ1v) is 5.20. The number of nitrogens with zero attached hydrogens (tertiary/aromatic N) is 1. The van der Waals surface area contributed by atoms with Crippen LogP contribution in [-0.4, -0.2) is 35.7 Å². The molecule has 3 rings (SSSR count).